The van der Waals surface area contributed by atoms with E-state index >= 15 is 0 Å². The summed E-state index contributed by atoms with van der Waals surface area (Å²) in [4.78, 5) is 31.0. The first-order valence-corrected chi connectivity index (χ1v) is 3.85. The van der Waals surface area contributed by atoms with Crippen molar-refractivity contribution in [3.63, 3.8) is 0 Å². The van der Waals surface area contributed by atoms with E-state index in [4.69, 9.17) is 0 Å². The zero-order valence-corrected chi connectivity index (χ0v) is 7.12. The number of nitro groups is 1. The number of carbonyl (C=O) groups is 2. The molecule has 0 aliphatic rings. The molecule has 0 saturated heterocycles. The van der Waals surface area contributed by atoms with Gasteiger partial charge < -0.3 is 0 Å². The van der Waals surface area contributed by atoms with Gasteiger partial charge in [-0.2, -0.15) is 0 Å². The molecular weight excluding hydrogens is 186 g/mol. The van der Waals surface area contributed by atoms with Gasteiger partial charge in [0.1, 0.15) is 0 Å². The quantitative estimate of drug-likeness (QED) is 0.232. The summed E-state index contributed by atoms with van der Waals surface area (Å²) in [5.74, 6) is -0.786. The first-order valence-electron chi connectivity index (χ1n) is 3.85. The molecule has 1 atom stereocenters. The highest BCUT2D eigenvalue weighted by Crippen LogP contribution is 2.04. The maximum atomic E-state index is 11.3. The highest BCUT2D eigenvalue weighted by molar-refractivity contribution is 6.07. The van der Waals surface area contributed by atoms with Gasteiger partial charge in [0.25, 0.3) is 0 Å². The zero-order valence-electron chi connectivity index (χ0n) is 7.12. The largest absolute Gasteiger partial charge is 0.329 e. The van der Waals surface area contributed by atoms with Crippen LogP contribution >= 0.6 is 0 Å². The molecule has 0 fully saturated rings. The average molecular weight is 193 g/mol. The van der Waals surface area contributed by atoms with E-state index in [1.807, 2.05) is 0 Å². The molecule has 0 radical (unpaired) electrons. The first-order chi connectivity index (χ1) is 6.66. The van der Waals surface area contributed by atoms with Gasteiger partial charge >= 0.3 is 6.04 Å². The van der Waals surface area contributed by atoms with E-state index in [2.05, 4.69) is 0 Å². The van der Waals surface area contributed by atoms with Gasteiger partial charge in [-0.05, 0) is 0 Å². The highest BCUT2D eigenvalue weighted by atomic mass is 16.6. The number of nitrogens with zero attached hydrogens (tertiary/aromatic N) is 1. The Labute approximate surface area is 79.5 Å². The molecule has 0 aromatic heterocycles. The number of benzene rings is 1. The van der Waals surface area contributed by atoms with Crippen molar-refractivity contribution >= 4 is 12.1 Å². The Hall–Kier alpha value is -2.04. The predicted octanol–water partition coefficient (Wildman–Crippen LogP) is 0.714. The lowest BCUT2D eigenvalue weighted by atomic mass is 10.1. The van der Waals surface area contributed by atoms with Crippen LogP contribution in [0.5, 0.6) is 0 Å². The Morgan fingerprint density at radius 2 is 1.93 bits per heavy atom. The molecule has 0 saturated carbocycles. The smallest absolute Gasteiger partial charge is 0.295 e. The topological polar surface area (TPSA) is 77.3 Å². The van der Waals surface area contributed by atoms with Gasteiger partial charge in [-0.1, -0.05) is 30.3 Å². The molecule has 0 aliphatic carbocycles. The van der Waals surface area contributed by atoms with Crippen molar-refractivity contribution in [3.05, 3.63) is 46.0 Å². The Morgan fingerprint density at radius 3 is 2.36 bits per heavy atom. The third-order valence-electron chi connectivity index (χ3n) is 1.68. The summed E-state index contributed by atoms with van der Waals surface area (Å²) in [5, 5.41) is 10.3. The van der Waals surface area contributed by atoms with Crippen molar-refractivity contribution in [1.29, 1.82) is 0 Å². The normalized spacial score (nSPS) is 11.7. The first kappa shape index (κ1) is 10.0. The van der Waals surface area contributed by atoms with E-state index in [9.17, 15) is 19.7 Å². The minimum absolute atomic E-state index is 0.0370. The fourth-order valence-electron chi connectivity index (χ4n) is 0.980. The summed E-state index contributed by atoms with van der Waals surface area (Å²) in [6.07, 6.45) is 0.0370. The lowest BCUT2D eigenvalue weighted by Crippen LogP contribution is -2.30. The molecule has 72 valence electrons. The van der Waals surface area contributed by atoms with Crippen molar-refractivity contribution in [2.24, 2.45) is 0 Å². The van der Waals surface area contributed by atoms with Crippen LogP contribution in [0.3, 0.4) is 0 Å². The molecule has 0 amide bonds. The summed E-state index contributed by atoms with van der Waals surface area (Å²) in [6, 6.07) is 5.91. The summed E-state index contributed by atoms with van der Waals surface area (Å²) >= 11 is 0. The van der Waals surface area contributed by atoms with E-state index in [0.717, 1.165) is 0 Å². The summed E-state index contributed by atoms with van der Waals surface area (Å²) in [7, 11) is 0. The van der Waals surface area contributed by atoms with E-state index in [-0.39, 0.29) is 11.8 Å². The Kier molecular flexibility index (Phi) is 3.06. The number of carbonyl (C=O) groups excluding carboxylic acids is 2. The molecule has 0 bridgehead atoms. The fourth-order valence-corrected chi connectivity index (χ4v) is 0.980. The van der Waals surface area contributed by atoms with Gasteiger partial charge in [0, 0.05) is 10.5 Å². The van der Waals surface area contributed by atoms with Gasteiger partial charge in [-0.25, -0.2) is 0 Å². The third-order valence-corrected chi connectivity index (χ3v) is 1.68. The average Bonchev–Trinajstić information content (AvgIpc) is 2.19. The van der Waals surface area contributed by atoms with Crippen molar-refractivity contribution in [2.45, 2.75) is 6.04 Å². The maximum Gasteiger partial charge on any atom is 0.329 e. The van der Waals surface area contributed by atoms with Crippen LogP contribution in [0.2, 0.25) is 0 Å². The summed E-state index contributed by atoms with van der Waals surface area (Å²) in [6.45, 7) is 0. The number of hydrogen-bond donors (Lipinski definition) is 0. The van der Waals surface area contributed by atoms with Crippen LogP contribution in [0.1, 0.15) is 10.4 Å². The molecule has 1 unspecified atom stereocenters. The standard InChI is InChI=1S/C9H7NO4/c11-6-8(10(13)14)9(12)7-4-2-1-3-5-7/h1-6,8H. The molecule has 14 heavy (non-hydrogen) atoms. The molecule has 1 aromatic carbocycles. The van der Waals surface area contributed by atoms with E-state index in [1.165, 1.54) is 12.1 Å². The van der Waals surface area contributed by atoms with Crippen LogP contribution in [0, 0.1) is 10.1 Å². The number of Topliss-reactive ketones (excluding diaryl/α,β-unsaturated/α-hetero) is 1. The van der Waals surface area contributed by atoms with Crippen LogP contribution in [0.25, 0.3) is 0 Å². The Bertz CT molecular complexity index is 360. The minimum Gasteiger partial charge on any atom is -0.295 e. The van der Waals surface area contributed by atoms with Crippen LogP contribution < -0.4 is 0 Å². The molecule has 5 nitrogen and oxygen atoms in total. The second kappa shape index (κ2) is 4.27. The number of rotatable bonds is 4. The maximum absolute atomic E-state index is 11.3. The van der Waals surface area contributed by atoms with Crippen molar-refractivity contribution in [1.82, 2.24) is 0 Å². The van der Waals surface area contributed by atoms with Crippen molar-refractivity contribution < 1.29 is 14.5 Å². The third kappa shape index (κ3) is 2.01. The van der Waals surface area contributed by atoms with Gasteiger partial charge in [-0.3, -0.25) is 19.7 Å². The van der Waals surface area contributed by atoms with E-state index in [1.54, 1.807) is 18.2 Å². The predicted molar refractivity (Wildman–Crippen MR) is 47.6 cm³/mol. The Balaban J connectivity index is 2.95. The van der Waals surface area contributed by atoms with E-state index < -0.39 is 16.7 Å². The number of hydrogen-bond acceptors (Lipinski definition) is 4. The van der Waals surface area contributed by atoms with Gasteiger partial charge in [-0.15, -0.1) is 0 Å². The van der Waals surface area contributed by atoms with Gasteiger partial charge in [0.05, 0.1) is 0 Å². The van der Waals surface area contributed by atoms with E-state index in [0.29, 0.717) is 0 Å². The van der Waals surface area contributed by atoms with Crippen LogP contribution in [-0.2, 0) is 4.79 Å². The lowest BCUT2D eigenvalue weighted by Gasteiger charge is -2.00. The molecule has 1 rings (SSSR count). The summed E-state index contributed by atoms with van der Waals surface area (Å²) < 4.78 is 0. The van der Waals surface area contributed by atoms with Crippen LogP contribution in [0.15, 0.2) is 30.3 Å². The lowest BCUT2D eigenvalue weighted by molar-refractivity contribution is -0.489. The molecule has 0 spiro atoms. The Morgan fingerprint density at radius 1 is 1.36 bits per heavy atom. The molecule has 0 N–H and O–H groups in total. The monoisotopic (exact) mass is 193 g/mol. The van der Waals surface area contributed by atoms with Gasteiger partial charge in [0.15, 0.2) is 0 Å². The van der Waals surface area contributed by atoms with Crippen molar-refractivity contribution in [2.75, 3.05) is 0 Å². The SMILES string of the molecule is O=CC(C(=O)c1ccccc1)[N+](=O)[O-]. The molecule has 0 heterocycles. The van der Waals surface area contributed by atoms with Crippen molar-refractivity contribution in [3.8, 4) is 0 Å². The molecule has 5 heteroatoms. The second-order valence-electron chi connectivity index (χ2n) is 2.60. The minimum atomic E-state index is -1.79. The number of ketones is 1. The molecular formula is C9H7NO4. The molecule has 0 aliphatic heterocycles. The van der Waals surface area contributed by atoms with Gasteiger partial charge in [0.2, 0.25) is 12.1 Å². The second-order valence-corrected chi connectivity index (χ2v) is 2.60. The number of aldehydes is 1. The fraction of sp³-hybridized carbons (Fsp3) is 0.111. The van der Waals surface area contributed by atoms with Crippen LogP contribution in [0.4, 0.5) is 0 Å². The highest BCUT2D eigenvalue weighted by Gasteiger charge is 2.29. The zero-order chi connectivity index (χ0) is 10.6. The molecule has 1 aromatic rings. The van der Waals surface area contributed by atoms with Crippen LogP contribution in [-0.4, -0.2) is 23.0 Å². The summed E-state index contributed by atoms with van der Waals surface area (Å²) in [5.41, 5.74) is 0.168.